The Bertz CT molecular complexity index is 1440. The highest BCUT2D eigenvalue weighted by molar-refractivity contribution is 7.17. The number of hydrogen-bond acceptors (Lipinski definition) is 8. The SMILES string of the molecule is CC(=O)c1sc(NC(=O)CN2C(=O)COc3ccc(-c4csc(-c5ccccc5)n4)cc32)nc1C. The first-order valence-electron chi connectivity index (χ1n) is 10.8. The van der Waals surface area contributed by atoms with Gasteiger partial charge in [0.1, 0.15) is 17.3 Å². The molecule has 4 aromatic rings. The lowest BCUT2D eigenvalue weighted by atomic mass is 10.1. The standard InChI is InChI=1S/C25H20N4O4S2/c1-14-23(15(2)30)35-25(26-14)28-21(31)11-29-19-10-17(8-9-20(19)33-12-22(29)32)18-13-34-24(27-18)16-6-4-3-5-7-16/h3-10,13H,11-12H2,1-2H3,(H,26,28,31). The highest BCUT2D eigenvalue weighted by Gasteiger charge is 2.28. The average Bonchev–Trinajstić information content (AvgIpc) is 3.48. The number of hydrogen-bond donors (Lipinski definition) is 1. The van der Waals surface area contributed by atoms with Crippen molar-refractivity contribution in [2.24, 2.45) is 0 Å². The van der Waals surface area contributed by atoms with Gasteiger partial charge in [-0.3, -0.25) is 19.3 Å². The fourth-order valence-corrected chi connectivity index (χ4v) is 5.45. The quantitative estimate of drug-likeness (QED) is 0.378. The number of rotatable bonds is 6. The van der Waals surface area contributed by atoms with Crippen molar-refractivity contribution in [1.82, 2.24) is 9.97 Å². The molecule has 10 heteroatoms. The second-order valence-corrected chi connectivity index (χ2v) is 9.75. The minimum Gasteiger partial charge on any atom is -0.482 e. The van der Waals surface area contributed by atoms with Crippen LogP contribution in [0.1, 0.15) is 22.3 Å². The van der Waals surface area contributed by atoms with Gasteiger partial charge in [0.2, 0.25) is 5.91 Å². The molecule has 0 saturated carbocycles. The average molecular weight is 505 g/mol. The molecule has 0 fully saturated rings. The number of Topliss-reactive ketones (excluding diaryl/α,β-unsaturated/α-hetero) is 1. The molecule has 8 nitrogen and oxygen atoms in total. The lowest BCUT2D eigenvalue weighted by molar-refractivity contribution is -0.123. The third-order valence-corrected chi connectivity index (χ3v) is 7.45. The highest BCUT2D eigenvalue weighted by Crippen LogP contribution is 2.37. The zero-order valence-corrected chi connectivity index (χ0v) is 20.5. The maximum Gasteiger partial charge on any atom is 0.265 e. The zero-order valence-electron chi connectivity index (χ0n) is 18.9. The summed E-state index contributed by atoms with van der Waals surface area (Å²) in [5, 5.41) is 5.87. The molecule has 35 heavy (non-hydrogen) atoms. The van der Waals surface area contributed by atoms with Gasteiger partial charge in [0.05, 0.1) is 22.0 Å². The van der Waals surface area contributed by atoms with E-state index in [0.717, 1.165) is 33.2 Å². The molecule has 1 aliphatic rings. The molecule has 0 bridgehead atoms. The molecular formula is C25H20N4O4S2. The fourth-order valence-electron chi connectivity index (χ4n) is 3.73. The number of ketones is 1. The van der Waals surface area contributed by atoms with Crippen molar-refractivity contribution in [3.63, 3.8) is 0 Å². The highest BCUT2D eigenvalue weighted by atomic mass is 32.1. The predicted octanol–water partition coefficient (Wildman–Crippen LogP) is 4.81. The van der Waals surface area contributed by atoms with E-state index in [1.54, 1.807) is 13.0 Å². The summed E-state index contributed by atoms with van der Waals surface area (Å²) in [7, 11) is 0. The Morgan fingerprint density at radius 1 is 1.11 bits per heavy atom. The van der Waals surface area contributed by atoms with Crippen molar-refractivity contribution in [2.75, 3.05) is 23.4 Å². The molecule has 1 N–H and O–H groups in total. The summed E-state index contributed by atoms with van der Waals surface area (Å²) < 4.78 is 5.59. The number of aromatic nitrogens is 2. The summed E-state index contributed by atoms with van der Waals surface area (Å²) in [6.45, 7) is 2.81. The van der Waals surface area contributed by atoms with E-state index in [9.17, 15) is 14.4 Å². The van der Waals surface area contributed by atoms with Gasteiger partial charge in [-0.2, -0.15) is 0 Å². The number of fused-ring (bicyclic) bond motifs is 1. The van der Waals surface area contributed by atoms with Crippen molar-refractivity contribution in [3.05, 3.63) is 64.5 Å². The van der Waals surface area contributed by atoms with Crippen LogP contribution in [0.2, 0.25) is 0 Å². The summed E-state index contributed by atoms with van der Waals surface area (Å²) in [5.74, 6) is -0.334. The Morgan fingerprint density at radius 2 is 1.91 bits per heavy atom. The summed E-state index contributed by atoms with van der Waals surface area (Å²) in [4.78, 5) is 48.0. The molecule has 2 amide bonds. The molecule has 0 aliphatic carbocycles. The van der Waals surface area contributed by atoms with E-state index in [4.69, 9.17) is 9.72 Å². The van der Waals surface area contributed by atoms with Crippen LogP contribution < -0.4 is 15.0 Å². The first-order chi connectivity index (χ1) is 16.9. The van der Waals surface area contributed by atoms with Crippen LogP contribution in [0.5, 0.6) is 5.75 Å². The fraction of sp³-hybridized carbons (Fsp3) is 0.160. The maximum atomic E-state index is 12.8. The largest absolute Gasteiger partial charge is 0.482 e. The third-order valence-electron chi connectivity index (χ3n) is 5.39. The summed E-state index contributed by atoms with van der Waals surface area (Å²) in [6.07, 6.45) is 0. The van der Waals surface area contributed by atoms with Crippen LogP contribution in [-0.2, 0) is 9.59 Å². The molecule has 3 heterocycles. The van der Waals surface area contributed by atoms with Crippen molar-refractivity contribution >= 4 is 51.1 Å². The van der Waals surface area contributed by atoms with Crippen LogP contribution in [-0.4, -0.2) is 40.7 Å². The molecule has 5 rings (SSSR count). The van der Waals surface area contributed by atoms with Crippen molar-refractivity contribution in [1.29, 1.82) is 0 Å². The molecule has 0 unspecified atom stereocenters. The number of benzene rings is 2. The second kappa shape index (κ2) is 9.40. The van der Waals surface area contributed by atoms with E-state index in [1.807, 2.05) is 47.8 Å². The van der Waals surface area contributed by atoms with Crippen LogP contribution in [0.15, 0.2) is 53.9 Å². The molecule has 0 spiro atoms. The molecule has 0 radical (unpaired) electrons. The second-order valence-electron chi connectivity index (χ2n) is 7.89. The first-order valence-corrected chi connectivity index (χ1v) is 12.5. The maximum absolute atomic E-state index is 12.8. The van der Waals surface area contributed by atoms with Gasteiger partial charge in [0.25, 0.3) is 5.91 Å². The normalized spacial score (nSPS) is 12.7. The Kier molecular flexibility index (Phi) is 6.14. The van der Waals surface area contributed by atoms with E-state index < -0.39 is 5.91 Å². The Hall–Kier alpha value is -3.89. The van der Waals surface area contributed by atoms with E-state index >= 15 is 0 Å². The van der Waals surface area contributed by atoms with E-state index in [-0.39, 0.29) is 24.8 Å². The van der Waals surface area contributed by atoms with E-state index in [2.05, 4.69) is 10.3 Å². The number of nitrogens with one attached hydrogen (secondary N) is 1. The molecule has 0 saturated heterocycles. The number of amides is 2. The number of aryl methyl sites for hydroxylation is 1. The van der Waals surface area contributed by atoms with Gasteiger partial charge in [0.15, 0.2) is 17.5 Å². The third kappa shape index (κ3) is 4.71. The number of thiazole rings is 2. The van der Waals surface area contributed by atoms with Crippen LogP contribution in [0.25, 0.3) is 21.8 Å². The molecule has 176 valence electrons. The number of ether oxygens (including phenoxy) is 1. The molecular weight excluding hydrogens is 484 g/mol. The number of anilines is 2. The Balaban J connectivity index is 1.38. The van der Waals surface area contributed by atoms with Gasteiger partial charge in [-0.1, -0.05) is 41.7 Å². The van der Waals surface area contributed by atoms with Crippen molar-refractivity contribution < 1.29 is 19.1 Å². The van der Waals surface area contributed by atoms with Crippen LogP contribution >= 0.6 is 22.7 Å². The topological polar surface area (TPSA) is 101 Å². The van der Waals surface area contributed by atoms with Gasteiger partial charge in [-0.05, 0) is 25.1 Å². The lowest BCUT2D eigenvalue weighted by Crippen LogP contribution is -2.43. The van der Waals surface area contributed by atoms with Gasteiger partial charge in [-0.25, -0.2) is 9.97 Å². The van der Waals surface area contributed by atoms with Gasteiger partial charge < -0.3 is 10.1 Å². The summed E-state index contributed by atoms with van der Waals surface area (Å²) in [6, 6.07) is 15.4. The Morgan fingerprint density at radius 3 is 2.66 bits per heavy atom. The van der Waals surface area contributed by atoms with E-state index in [1.165, 1.54) is 23.2 Å². The molecule has 0 atom stereocenters. The number of carbonyl (C=O) groups excluding carboxylic acids is 3. The van der Waals surface area contributed by atoms with E-state index in [0.29, 0.717) is 27.1 Å². The monoisotopic (exact) mass is 504 g/mol. The zero-order chi connectivity index (χ0) is 24.5. The van der Waals surface area contributed by atoms with Crippen molar-refractivity contribution in [3.8, 4) is 27.6 Å². The van der Waals surface area contributed by atoms with Crippen LogP contribution in [0.4, 0.5) is 10.8 Å². The minimum atomic E-state index is -0.416. The molecule has 2 aromatic carbocycles. The molecule has 2 aromatic heterocycles. The van der Waals surface area contributed by atoms with Crippen molar-refractivity contribution in [2.45, 2.75) is 13.8 Å². The van der Waals surface area contributed by atoms with Gasteiger partial charge in [-0.15, -0.1) is 11.3 Å². The summed E-state index contributed by atoms with van der Waals surface area (Å²) >= 11 is 2.65. The van der Waals surface area contributed by atoms with Crippen LogP contribution in [0.3, 0.4) is 0 Å². The summed E-state index contributed by atoms with van der Waals surface area (Å²) in [5.41, 5.74) is 3.68. The van der Waals surface area contributed by atoms with Gasteiger partial charge >= 0.3 is 0 Å². The predicted molar refractivity (Wildman–Crippen MR) is 136 cm³/mol. The minimum absolute atomic E-state index is 0.109. The lowest BCUT2D eigenvalue weighted by Gasteiger charge is -2.29. The number of nitrogens with zero attached hydrogens (tertiary/aromatic N) is 3. The molecule has 1 aliphatic heterocycles. The van der Waals surface area contributed by atoms with Gasteiger partial charge in [0, 0.05) is 23.4 Å². The number of carbonyl (C=O) groups is 3. The first kappa shape index (κ1) is 22.9. The van der Waals surface area contributed by atoms with Crippen LogP contribution in [0, 0.1) is 6.92 Å². The Labute approximate surface area is 209 Å². The smallest absolute Gasteiger partial charge is 0.265 e.